The Morgan fingerprint density at radius 2 is 1.60 bits per heavy atom. The molecule has 57 heavy (non-hydrogen) atoms. The van der Waals surface area contributed by atoms with E-state index in [1.807, 2.05) is 32.9 Å². The fourth-order valence-corrected chi connectivity index (χ4v) is 9.42. The van der Waals surface area contributed by atoms with Gasteiger partial charge in [-0.2, -0.15) is 0 Å². The Bertz CT molecular complexity index is 1480. The van der Waals surface area contributed by atoms with E-state index in [9.17, 15) is 34.5 Å². The Balaban J connectivity index is 1.78. The number of esters is 1. The van der Waals surface area contributed by atoms with Crippen LogP contribution in [0.5, 0.6) is 0 Å². The third-order valence-electron chi connectivity index (χ3n) is 12.9. The van der Waals surface area contributed by atoms with Crippen molar-refractivity contribution in [2.24, 2.45) is 29.6 Å². The fourth-order valence-electron chi connectivity index (χ4n) is 9.42. The number of aliphatic hydroxyl groups is 3. The number of hydrogen-bond donors (Lipinski definition) is 3. The number of rotatable bonds is 7. The SMILES string of the molecule is C=CC[C@@H]1/C=C(\C)C[C@H](C)C[C@H](OC)[C@H]2O[C@@](O)(C(=O)C(=O)N3CCCC[C@H]3C(=O)O[C@H](/C(C)=C/[C@@H]3CCC(O)[C@H](OC)C3)[C@H](C)C(O)CC1=O)[C@H](C)C[C@@H]2OC. The summed E-state index contributed by atoms with van der Waals surface area (Å²) in [4.78, 5) is 57.8. The summed E-state index contributed by atoms with van der Waals surface area (Å²) >= 11 is 0. The van der Waals surface area contributed by atoms with Crippen LogP contribution in [0.1, 0.15) is 105 Å². The van der Waals surface area contributed by atoms with Gasteiger partial charge in [-0.05, 0) is 95.5 Å². The van der Waals surface area contributed by atoms with Crippen LogP contribution in [0.4, 0.5) is 0 Å². The van der Waals surface area contributed by atoms with Crippen molar-refractivity contribution in [3.05, 3.63) is 36.0 Å². The Labute approximate surface area is 339 Å². The second-order valence-corrected chi connectivity index (χ2v) is 17.3. The lowest BCUT2D eigenvalue weighted by atomic mass is 9.81. The van der Waals surface area contributed by atoms with Crippen LogP contribution in [0.3, 0.4) is 0 Å². The van der Waals surface area contributed by atoms with Crippen LogP contribution < -0.4 is 0 Å². The molecular formula is C44H69NO12. The molecule has 3 aliphatic heterocycles. The van der Waals surface area contributed by atoms with Gasteiger partial charge in [-0.3, -0.25) is 14.4 Å². The lowest BCUT2D eigenvalue weighted by Crippen LogP contribution is -2.64. The quantitative estimate of drug-likeness (QED) is 0.185. The van der Waals surface area contributed by atoms with Gasteiger partial charge in [-0.1, -0.05) is 44.6 Å². The van der Waals surface area contributed by atoms with E-state index in [1.54, 1.807) is 27.0 Å². The zero-order chi connectivity index (χ0) is 42.2. The number of Topliss-reactive ketones (excluding diaryl/α,β-unsaturated/α-hetero) is 2. The minimum absolute atomic E-state index is 0.00988. The van der Waals surface area contributed by atoms with Crippen LogP contribution in [0.2, 0.25) is 0 Å². The number of carbonyl (C=O) groups excluding carboxylic acids is 4. The Morgan fingerprint density at radius 3 is 2.25 bits per heavy atom. The third kappa shape index (κ3) is 11.3. The van der Waals surface area contributed by atoms with Crippen molar-refractivity contribution in [2.75, 3.05) is 27.9 Å². The Morgan fingerprint density at radius 1 is 0.930 bits per heavy atom. The molecule has 13 nitrogen and oxygen atoms in total. The zero-order valence-corrected chi connectivity index (χ0v) is 35.4. The summed E-state index contributed by atoms with van der Waals surface area (Å²) in [6, 6.07) is -1.14. The fraction of sp³-hybridized carbons (Fsp3) is 0.773. The van der Waals surface area contributed by atoms with Crippen LogP contribution in [0.15, 0.2) is 36.0 Å². The molecule has 3 N–H and O–H groups in total. The van der Waals surface area contributed by atoms with E-state index in [0.717, 1.165) is 5.57 Å². The van der Waals surface area contributed by atoms with Crippen molar-refractivity contribution >= 4 is 23.4 Å². The molecule has 2 saturated heterocycles. The van der Waals surface area contributed by atoms with Gasteiger partial charge in [0.1, 0.15) is 24.0 Å². The highest BCUT2D eigenvalue weighted by Gasteiger charge is 2.56. The predicted molar refractivity (Wildman–Crippen MR) is 213 cm³/mol. The average molecular weight is 804 g/mol. The summed E-state index contributed by atoms with van der Waals surface area (Å²) < 4.78 is 29.7. The molecule has 3 heterocycles. The number of aliphatic hydroxyl groups excluding tert-OH is 2. The van der Waals surface area contributed by atoms with Gasteiger partial charge in [0.2, 0.25) is 5.79 Å². The maximum absolute atomic E-state index is 14.3. The molecule has 1 aliphatic carbocycles. The number of amides is 1. The highest BCUT2D eigenvalue weighted by Crippen LogP contribution is 2.39. The number of piperidine rings is 1. The van der Waals surface area contributed by atoms with Gasteiger partial charge in [0.05, 0.1) is 30.5 Å². The van der Waals surface area contributed by atoms with E-state index in [-0.39, 0.29) is 49.5 Å². The molecule has 0 radical (unpaired) electrons. The van der Waals surface area contributed by atoms with Gasteiger partial charge in [0, 0.05) is 52.0 Å². The maximum Gasteiger partial charge on any atom is 0.329 e. The van der Waals surface area contributed by atoms with Gasteiger partial charge in [0.15, 0.2) is 0 Å². The van der Waals surface area contributed by atoms with Crippen LogP contribution in [0.25, 0.3) is 0 Å². The molecule has 0 aromatic rings. The van der Waals surface area contributed by atoms with E-state index >= 15 is 0 Å². The standard InChI is InChI=1S/C44H69NO12/c1-10-13-31-19-25(2)18-26(3)20-37(54-8)40-38(55-9)22-28(5)44(52,57-40)41(49)42(50)45-17-12-11-14-32(45)43(51)56-39(29(6)34(47)24-35(31)48)27(4)21-30-15-16-33(46)36(23-30)53-7/h10,19,21,26,28-34,36-40,46-47,52H,1,11-18,20,22-24H2,2-9H3/b25-19+,27-21+/t26-,28+,29+,30-,31+,32-,33?,34?,36+,37-,38-,39+,40+,44+/m0/s1. The summed E-state index contributed by atoms with van der Waals surface area (Å²) in [6.07, 6.45) is 4.93. The zero-order valence-electron chi connectivity index (χ0n) is 35.4. The van der Waals surface area contributed by atoms with Crippen LogP contribution >= 0.6 is 0 Å². The lowest BCUT2D eigenvalue weighted by molar-refractivity contribution is -0.302. The molecule has 1 amide bonds. The number of carbonyl (C=O) groups is 4. The van der Waals surface area contributed by atoms with E-state index in [4.69, 9.17) is 23.7 Å². The van der Waals surface area contributed by atoms with Crippen LogP contribution in [-0.4, -0.2) is 126 Å². The predicted octanol–water partition coefficient (Wildman–Crippen LogP) is 4.64. The first-order valence-corrected chi connectivity index (χ1v) is 20.9. The van der Waals surface area contributed by atoms with Gasteiger partial charge < -0.3 is 43.9 Å². The molecule has 2 bridgehead atoms. The van der Waals surface area contributed by atoms with Crippen molar-refractivity contribution in [1.82, 2.24) is 4.90 Å². The molecular weight excluding hydrogens is 734 g/mol. The first-order chi connectivity index (χ1) is 27.0. The number of ether oxygens (including phenoxy) is 5. The van der Waals surface area contributed by atoms with E-state index in [0.29, 0.717) is 56.9 Å². The molecule has 0 aromatic heterocycles. The van der Waals surface area contributed by atoms with Gasteiger partial charge in [-0.15, -0.1) is 6.58 Å². The Hall–Kier alpha value is -2.78. The number of fused-ring (bicyclic) bond motifs is 3. The van der Waals surface area contributed by atoms with Crippen LogP contribution in [-0.2, 0) is 42.9 Å². The largest absolute Gasteiger partial charge is 0.456 e. The summed E-state index contributed by atoms with van der Waals surface area (Å²) in [7, 11) is 4.61. The summed E-state index contributed by atoms with van der Waals surface area (Å²) in [5, 5.41) is 34.1. The summed E-state index contributed by atoms with van der Waals surface area (Å²) in [5.74, 6) is -7.76. The van der Waals surface area contributed by atoms with E-state index in [2.05, 4.69) is 6.58 Å². The molecule has 1 saturated carbocycles. The first-order valence-electron chi connectivity index (χ1n) is 20.9. The molecule has 3 fully saturated rings. The molecule has 322 valence electrons. The summed E-state index contributed by atoms with van der Waals surface area (Å²) in [6.45, 7) is 13.1. The van der Waals surface area contributed by atoms with Crippen molar-refractivity contribution in [3.8, 4) is 0 Å². The minimum atomic E-state index is -2.51. The van der Waals surface area contributed by atoms with Crippen molar-refractivity contribution in [2.45, 2.75) is 160 Å². The molecule has 14 atom stereocenters. The number of allylic oxidation sites excluding steroid dienone is 4. The second kappa shape index (κ2) is 21.0. The molecule has 13 heteroatoms. The molecule has 0 aromatic carbocycles. The maximum atomic E-state index is 14.3. The highest BCUT2D eigenvalue weighted by atomic mass is 16.7. The summed E-state index contributed by atoms with van der Waals surface area (Å²) in [5.41, 5.74) is 1.61. The molecule has 2 unspecified atom stereocenters. The van der Waals surface area contributed by atoms with Crippen molar-refractivity contribution < 1.29 is 58.2 Å². The molecule has 4 rings (SSSR count). The lowest BCUT2D eigenvalue weighted by Gasteiger charge is -2.47. The second-order valence-electron chi connectivity index (χ2n) is 17.3. The van der Waals surface area contributed by atoms with Crippen molar-refractivity contribution in [3.63, 3.8) is 0 Å². The third-order valence-corrected chi connectivity index (χ3v) is 12.9. The number of cyclic esters (lactones) is 1. The average Bonchev–Trinajstić information content (AvgIpc) is 3.18. The van der Waals surface area contributed by atoms with Crippen LogP contribution in [0, 0.1) is 29.6 Å². The van der Waals surface area contributed by atoms with E-state index < -0.39 is 83.9 Å². The van der Waals surface area contributed by atoms with Gasteiger partial charge in [0.25, 0.3) is 11.7 Å². The minimum Gasteiger partial charge on any atom is -0.456 e. The van der Waals surface area contributed by atoms with Gasteiger partial charge >= 0.3 is 5.97 Å². The molecule has 4 aliphatic rings. The number of ketones is 2. The highest BCUT2D eigenvalue weighted by molar-refractivity contribution is 6.39. The van der Waals surface area contributed by atoms with Gasteiger partial charge in [-0.25, -0.2) is 4.79 Å². The number of nitrogens with zero attached hydrogens (tertiary/aromatic N) is 1. The molecule has 0 spiro atoms. The van der Waals surface area contributed by atoms with E-state index in [1.165, 1.54) is 19.1 Å². The van der Waals surface area contributed by atoms with Crippen molar-refractivity contribution in [1.29, 1.82) is 0 Å². The number of methoxy groups -OCH3 is 3. The number of hydrogen-bond acceptors (Lipinski definition) is 12. The smallest absolute Gasteiger partial charge is 0.329 e. The topological polar surface area (TPSA) is 178 Å². The Kier molecular flexibility index (Phi) is 17.2. The first kappa shape index (κ1) is 46.9. The monoisotopic (exact) mass is 803 g/mol. The normalized spacial score (nSPS) is 41.0.